The van der Waals surface area contributed by atoms with Crippen molar-refractivity contribution in [3.63, 3.8) is 0 Å². The van der Waals surface area contributed by atoms with Crippen molar-refractivity contribution in [1.29, 1.82) is 5.26 Å². The molecule has 0 aliphatic carbocycles. The molecule has 0 saturated carbocycles. The lowest BCUT2D eigenvalue weighted by molar-refractivity contribution is 0.158. The second-order valence-corrected chi connectivity index (χ2v) is 1.21. The maximum atomic E-state index is 9.85. The van der Waals surface area contributed by atoms with E-state index in [4.69, 9.17) is 5.26 Å². The number of nitrogens with one attached hydrogen (secondary N) is 1. The molecule has 0 spiro atoms. The molecule has 0 aromatic rings. The summed E-state index contributed by atoms with van der Waals surface area (Å²) in [4.78, 5) is 9.85. The molecule has 9 heavy (non-hydrogen) atoms. The molecule has 0 unspecified atom stereocenters. The molecule has 0 bridgehead atoms. The number of nitrogens with zero attached hydrogens (tertiary/aromatic N) is 1. The van der Waals surface area contributed by atoms with E-state index in [2.05, 4.69) is 15.8 Å². The molecule has 0 heterocycles. The second-order valence-electron chi connectivity index (χ2n) is 1.21. The summed E-state index contributed by atoms with van der Waals surface area (Å²) in [6, 6.07) is 0. The lowest BCUT2D eigenvalue weighted by atomic mass is 10.7. The number of nitriles is 1. The predicted octanol–water partition coefficient (Wildman–Crippen LogP) is -0.848. The van der Waals surface area contributed by atoms with E-state index >= 15 is 0 Å². The molecule has 0 saturated heterocycles. The first-order chi connectivity index (χ1) is 4.27. The highest BCUT2D eigenvalue weighted by Gasteiger charge is 1.89. The average molecular weight is 129 g/mol. The minimum absolute atomic E-state index is 0.128. The van der Waals surface area contributed by atoms with Gasteiger partial charge >= 0.3 is 6.09 Å². The van der Waals surface area contributed by atoms with Gasteiger partial charge in [0.2, 0.25) is 0 Å². The van der Waals surface area contributed by atoms with E-state index in [1.807, 2.05) is 0 Å². The standard InChI is InChI=1S/C4H7N3O2/c5-3-7-1-2-9-4(6)8/h7H,1-2H2,(H2,6,8). The van der Waals surface area contributed by atoms with Crippen LogP contribution >= 0.6 is 0 Å². The third-order valence-corrected chi connectivity index (χ3v) is 0.550. The van der Waals surface area contributed by atoms with Gasteiger partial charge in [0, 0.05) is 0 Å². The Morgan fingerprint density at radius 1 is 1.89 bits per heavy atom. The Morgan fingerprint density at radius 2 is 2.56 bits per heavy atom. The van der Waals surface area contributed by atoms with Gasteiger partial charge in [0.05, 0.1) is 6.54 Å². The summed E-state index contributed by atoms with van der Waals surface area (Å²) < 4.78 is 4.27. The van der Waals surface area contributed by atoms with Crippen LogP contribution in [0.3, 0.4) is 0 Å². The smallest absolute Gasteiger partial charge is 0.404 e. The zero-order valence-electron chi connectivity index (χ0n) is 4.76. The minimum atomic E-state index is -0.824. The van der Waals surface area contributed by atoms with Crippen molar-refractivity contribution in [3.8, 4) is 6.19 Å². The zero-order valence-corrected chi connectivity index (χ0v) is 4.76. The number of nitrogens with two attached hydrogens (primary N) is 1. The van der Waals surface area contributed by atoms with Crippen LogP contribution in [0.15, 0.2) is 0 Å². The highest BCUT2D eigenvalue weighted by molar-refractivity contribution is 5.64. The number of ether oxygens (including phenoxy) is 1. The summed E-state index contributed by atoms with van der Waals surface area (Å²) in [5.41, 5.74) is 4.60. The molecule has 50 valence electrons. The summed E-state index contributed by atoms with van der Waals surface area (Å²) in [6.07, 6.45) is 0.835. The van der Waals surface area contributed by atoms with Crippen molar-refractivity contribution in [1.82, 2.24) is 5.32 Å². The van der Waals surface area contributed by atoms with Crippen LogP contribution in [0.25, 0.3) is 0 Å². The van der Waals surface area contributed by atoms with Crippen LogP contribution in [0.1, 0.15) is 0 Å². The van der Waals surface area contributed by atoms with E-state index in [1.54, 1.807) is 6.19 Å². The molecule has 0 rings (SSSR count). The number of hydrogen-bond donors (Lipinski definition) is 2. The van der Waals surface area contributed by atoms with Crippen molar-refractivity contribution in [2.75, 3.05) is 13.2 Å². The van der Waals surface area contributed by atoms with Crippen molar-refractivity contribution >= 4 is 6.09 Å². The molecule has 0 atom stereocenters. The van der Waals surface area contributed by atoms with Crippen molar-refractivity contribution in [2.24, 2.45) is 5.73 Å². The third kappa shape index (κ3) is 6.56. The predicted molar refractivity (Wildman–Crippen MR) is 29.2 cm³/mol. The number of carbonyl (C=O) groups excluding carboxylic acids is 1. The van der Waals surface area contributed by atoms with Crippen molar-refractivity contribution in [3.05, 3.63) is 0 Å². The summed E-state index contributed by atoms with van der Waals surface area (Å²) in [6.45, 7) is 0.433. The molecule has 1 amide bonds. The molecular formula is C4H7N3O2. The van der Waals surface area contributed by atoms with E-state index < -0.39 is 6.09 Å². The molecule has 5 nitrogen and oxygen atoms in total. The molecule has 0 aromatic carbocycles. The van der Waals surface area contributed by atoms with E-state index in [0.29, 0.717) is 6.54 Å². The average Bonchev–Trinajstić information content (AvgIpc) is 1.80. The zero-order chi connectivity index (χ0) is 7.11. The Hall–Kier alpha value is -1.44. The highest BCUT2D eigenvalue weighted by Crippen LogP contribution is 1.69. The number of carbonyl (C=O) groups is 1. The maximum Gasteiger partial charge on any atom is 0.404 e. The monoisotopic (exact) mass is 129 g/mol. The Morgan fingerprint density at radius 3 is 3.00 bits per heavy atom. The number of hydrogen-bond acceptors (Lipinski definition) is 4. The Bertz CT molecular complexity index is 128. The first kappa shape index (κ1) is 7.56. The molecule has 3 N–H and O–H groups in total. The Balaban J connectivity index is 2.94. The van der Waals surface area contributed by atoms with Gasteiger partial charge in [-0.2, -0.15) is 5.26 Å². The van der Waals surface area contributed by atoms with E-state index in [1.165, 1.54) is 0 Å². The van der Waals surface area contributed by atoms with E-state index in [0.717, 1.165) is 0 Å². The van der Waals surface area contributed by atoms with E-state index in [-0.39, 0.29) is 6.61 Å². The Kier molecular flexibility index (Phi) is 3.96. The van der Waals surface area contributed by atoms with Crippen LogP contribution in [0, 0.1) is 11.5 Å². The summed E-state index contributed by atoms with van der Waals surface area (Å²) >= 11 is 0. The molecule has 0 aliphatic heterocycles. The fraction of sp³-hybridized carbons (Fsp3) is 0.500. The van der Waals surface area contributed by atoms with Gasteiger partial charge in [-0.25, -0.2) is 4.79 Å². The number of primary amides is 1. The van der Waals surface area contributed by atoms with Crippen LogP contribution in [-0.2, 0) is 4.74 Å². The highest BCUT2D eigenvalue weighted by atomic mass is 16.5. The Labute approximate surface area is 52.4 Å². The van der Waals surface area contributed by atoms with Gasteiger partial charge < -0.3 is 15.8 Å². The van der Waals surface area contributed by atoms with Gasteiger partial charge in [0.25, 0.3) is 0 Å². The SMILES string of the molecule is N#CNCCOC(N)=O. The van der Waals surface area contributed by atoms with Gasteiger partial charge in [0.15, 0.2) is 6.19 Å². The summed E-state index contributed by atoms with van der Waals surface area (Å²) in [7, 11) is 0. The first-order valence-electron chi connectivity index (χ1n) is 2.31. The first-order valence-corrected chi connectivity index (χ1v) is 2.31. The summed E-state index contributed by atoms with van der Waals surface area (Å²) in [5, 5.41) is 10.2. The van der Waals surface area contributed by atoms with Gasteiger partial charge in [-0.05, 0) is 0 Å². The lowest BCUT2D eigenvalue weighted by Crippen LogP contribution is -2.20. The van der Waals surface area contributed by atoms with Gasteiger partial charge in [-0.3, -0.25) is 0 Å². The molecule has 0 radical (unpaired) electrons. The molecule has 0 aromatic heterocycles. The van der Waals surface area contributed by atoms with Crippen LogP contribution in [0.4, 0.5) is 4.79 Å². The van der Waals surface area contributed by atoms with E-state index in [9.17, 15) is 4.79 Å². The topological polar surface area (TPSA) is 88.1 Å². The fourth-order valence-electron chi connectivity index (χ4n) is 0.259. The van der Waals surface area contributed by atoms with Gasteiger partial charge in [-0.15, -0.1) is 0 Å². The molecule has 0 aliphatic rings. The van der Waals surface area contributed by atoms with Crippen LogP contribution in [-0.4, -0.2) is 19.2 Å². The maximum absolute atomic E-state index is 9.85. The molecule has 0 fully saturated rings. The van der Waals surface area contributed by atoms with Crippen molar-refractivity contribution in [2.45, 2.75) is 0 Å². The van der Waals surface area contributed by atoms with Crippen LogP contribution in [0.5, 0.6) is 0 Å². The quantitative estimate of drug-likeness (QED) is 0.295. The van der Waals surface area contributed by atoms with Gasteiger partial charge in [0.1, 0.15) is 6.61 Å². The second kappa shape index (κ2) is 4.71. The minimum Gasteiger partial charge on any atom is -0.448 e. The number of amides is 1. The molecular weight excluding hydrogens is 122 g/mol. The van der Waals surface area contributed by atoms with Crippen LogP contribution in [0.2, 0.25) is 0 Å². The van der Waals surface area contributed by atoms with Crippen LogP contribution < -0.4 is 11.1 Å². The number of rotatable bonds is 3. The summed E-state index contributed by atoms with van der Waals surface area (Å²) in [5.74, 6) is 0. The fourth-order valence-corrected chi connectivity index (χ4v) is 0.259. The lowest BCUT2D eigenvalue weighted by Gasteiger charge is -1.96. The third-order valence-electron chi connectivity index (χ3n) is 0.550. The van der Waals surface area contributed by atoms with Gasteiger partial charge in [-0.1, -0.05) is 0 Å². The normalized spacial score (nSPS) is 7.44. The van der Waals surface area contributed by atoms with Crippen molar-refractivity contribution < 1.29 is 9.53 Å². The molecule has 5 heteroatoms. The largest absolute Gasteiger partial charge is 0.448 e.